The molecule has 3 aromatic rings. The van der Waals surface area contributed by atoms with E-state index >= 15 is 0 Å². The maximum absolute atomic E-state index is 6.49. The first-order valence-electron chi connectivity index (χ1n) is 9.39. The fraction of sp³-hybridized carbons (Fsp3) is 0.318. The van der Waals surface area contributed by atoms with Gasteiger partial charge in [0.15, 0.2) is 0 Å². The molecule has 1 unspecified atom stereocenters. The number of ether oxygens (including phenoxy) is 1. The minimum Gasteiger partial charge on any atom is -0.494 e. The summed E-state index contributed by atoms with van der Waals surface area (Å²) in [6.07, 6.45) is 7.82. The zero-order valence-corrected chi connectivity index (χ0v) is 18.2. The molecule has 0 aliphatic heterocycles. The van der Waals surface area contributed by atoms with Gasteiger partial charge in [-0.2, -0.15) is 0 Å². The lowest BCUT2D eigenvalue weighted by Gasteiger charge is -2.19. The van der Waals surface area contributed by atoms with E-state index in [9.17, 15) is 0 Å². The number of nitrogens with zero attached hydrogens (tertiary/aromatic N) is 2. The molecule has 0 spiro atoms. The summed E-state index contributed by atoms with van der Waals surface area (Å²) in [5.41, 5.74) is 2.35. The van der Waals surface area contributed by atoms with Gasteiger partial charge in [-0.15, -0.1) is 11.8 Å². The SMILES string of the molecule is CCCCOc1ccc(CSC(Cn2ccnc2)c2ccc(Cl)cc2Cl)cc1. The molecule has 3 rings (SSSR count). The van der Waals surface area contributed by atoms with Crippen molar-refractivity contribution in [2.45, 2.75) is 37.3 Å². The molecule has 0 bridgehead atoms. The monoisotopic (exact) mass is 434 g/mol. The zero-order valence-electron chi connectivity index (χ0n) is 15.9. The number of imidazole rings is 1. The third kappa shape index (κ3) is 6.20. The van der Waals surface area contributed by atoms with E-state index in [0.717, 1.165) is 43.1 Å². The lowest BCUT2D eigenvalue weighted by atomic mass is 10.1. The van der Waals surface area contributed by atoms with Crippen LogP contribution in [0.3, 0.4) is 0 Å². The Kier molecular flexibility index (Phi) is 8.13. The van der Waals surface area contributed by atoms with Crippen molar-refractivity contribution in [2.75, 3.05) is 6.61 Å². The highest BCUT2D eigenvalue weighted by Gasteiger charge is 2.17. The van der Waals surface area contributed by atoms with Crippen LogP contribution in [-0.4, -0.2) is 16.2 Å². The number of hydrogen-bond acceptors (Lipinski definition) is 3. The highest BCUT2D eigenvalue weighted by molar-refractivity contribution is 7.98. The first kappa shape index (κ1) is 21.1. The van der Waals surface area contributed by atoms with Crippen molar-refractivity contribution in [3.63, 3.8) is 0 Å². The number of aromatic nitrogens is 2. The third-order valence-corrected chi connectivity index (χ3v) is 6.25. The smallest absolute Gasteiger partial charge is 0.119 e. The van der Waals surface area contributed by atoms with Gasteiger partial charge in [-0.25, -0.2) is 4.98 Å². The molecule has 0 aliphatic carbocycles. The second kappa shape index (κ2) is 10.8. The van der Waals surface area contributed by atoms with Gasteiger partial charge in [-0.1, -0.05) is 54.7 Å². The summed E-state index contributed by atoms with van der Waals surface area (Å²) in [6, 6.07) is 14.1. The molecule has 148 valence electrons. The number of hydrogen-bond donors (Lipinski definition) is 0. The summed E-state index contributed by atoms with van der Waals surface area (Å²) in [7, 11) is 0. The van der Waals surface area contributed by atoms with Crippen molar-refractivity contribution in [2.24, 2.45) is 0 Å². The van der Waals surface area contributed by atoms with E-state index in [4.69, 9.17) is 27.9 Å². The molecule has 3 nitrogen and oxygen atoms in total. The maximum atomic E-state index is 6.49. The maximum Gasteiger partial charge on any atom is 0.119 e. The minimum absolute atomic E-state index is 0.194. The molecular formula is C22H24Cl2N2OS. The van der Waals surface area contributed by atoms with E-state index in [1.807, 2.05) is 54.6 Å². The molecule has 1 atom stereocenters. The predicted octanol–water partition coefficient (Wildman–Crippen LogP) is 7.04. The molecule has 2 aromatic carbocycles. The van der Waals surface area contributed by atoms with Crippen molar-refractivity contribution in [3.8, 4) is 5.75 Å². The third-order valence-electron chi connectivity index (χ3n) is 4.39. The van der Waals surface area contributed by atoms with Crippen LogP contribution >= 0.6 is 35.0 Å². The van der Waals surface area contributed by atoms with Gasteiger partial charge in [0.1, 0.15) is 5.75 Å². The molecule has 0 saturated heterocycles. The molecule has 28 heavy (non-hydrogen) atoms. The molecule has 0 radical (unpaired) electrons. The Morgan fingerprint density at radius 3 is 2.64 bits per heavy atom. The van der Waals surface area contributed by atoms with E-state index in [1.54, 1.807) is 6.20 Å². The van der Waals surface area contributed by atoms with E-state index in [0.29, 0.717) is 10.0 Å². The standard InChI is InChI=1S/C22H24Cl2N2OS/c1-2-3-12-27-19-7-4-17(5-8-19)15-28-22(14-26-11-10-25-16-26)20-9-6-18(23)13-21(20)24/h4-11,13,16,22H,2-3,12,14-15H2,1H3. The van der Waals surface area contributed by atoms with Crippen LogP contribution in [0, 0.1) is 0 Å². The molecule has 0 fully saturated rings. The average molecular weight is 435 g/mol. The zero-order chi connectivity index (χ0) is 19.8. The number of thioether (sulfide) groups is 1. The van der Waals surface area contributed by atoms with Gasteiger partial charge in [0, 0.05) is 40.0 Å². The van der Waals surface area contributed by atoms with Gasteiger partial charge in [0.05, 0.1) is 12.9 Å². The Morgan fingerprint density at radius 1 is 1.14 bits per heavy atom. The first-order chi connectivity index (χ1) is 13.7. The second-order valence-electron chi connectivity index (χ2n) is 6.57. The Morgan fingerprint density at radius 2 is 1.96 bits per heavy atom. The van der Waals surface area contributed by atoms with Gasteiger partial charge in [0.2, 0.25) is 0 Å². The summed E-state index contributed by atoms with van der Waals surface area (Å²) < 4.78 is 7.82. The molecule has 0 amide bonds. The second-order valence-corrected chi connectivity index (χ2v) is 8.61. The van der Waals surface area contributed by atoms with Crippen molar-refractivity contribution in [1.29, 1.82) is 0 Å². The Labute approximate surface area is 181 Å². The summed E-state index contributed by atoms with van der Waals surface area (Å²) in [5, 5.41) is 1.54. The lowest BCUT2D eigenvalue weighted by molar-refractivity contribution is 0.309. The van der Waals surface area contributed by atoms with Crippen LogP contribution in [-0.2, 0) is 12.3 Å². The number of rotatable bonds is 10. The minimum atomic E-state index is 0.194. The van der Waals surface area contributed by atoms with Gasteiger partial charge in [-0.3, -0.25) is 0 Å². The van der Waals surface area contributed by atoms with Crippen LogP contribution in [0.15, 0.2) is 61.2 Å². The van der Waals surface area contributed by atoms with Crippen molar-refractivity contribution < 1.29 is 4.74 Å². The molecular weight excluding hydrogens is 411 g/mol. The fourth-order valence-electron chi connectivity index (χ4n) is 2.80. The van der Waals surface area contributed by atoms with Crippen LogP contribution in [0.4, 0.5) is 0 Å². The van der Waals surface area contributed by atoms with E-state index in [2.05, 4.69) is 28.6 Å². The fourth-order valence-corrected chi connectivity index (χ4v) is 4.66. The van der Waals surface area contributed by atoms with Crippen molar-refractivity contribution >= 4 is 35.0 Å². The van der Waals surface area contributed by atoms with E-state index < -0.39 is 0 Å². The largest absolute Gasteiger partial charge is 0.494 e. The topological polar surface area (TPSA) is 27.1 Å². The molecule has 0 aliphatic rings. The summed E-state index contributed by atoms with van der Waals surface area (Å²) in [4.78, 5) is 4.15. The average Bonchev–Trinajstić information content (AvgIpc) is 3.20. The molecule has 1 heterocycles. The van der Waals surface area contributed by atoms with Crippen molar-refractivity contribution in [1.82, 2.24) is 9.55 Å². The number of benzene rings is 2. The van der Waals surface area contributed by atoms with E-state index in [1.165, 1.54) is 5.56 Å². The van der Waals surface area contributed by atoms with Gasteiger partial charge in [0.25, 0.3) is 0 Å². The van der Waals surface area contributed by atoms with Crippen LogP contribution in [0.25, 0.3) is 0 Å². The quantitative estimate of drug-likeness (QED) is 0.320. The highest BCUT2D eigenvalue weighted by atomic mass is 35.5. The number of unbranched alkanes of at least 4 members (excludes halogenated alkanes) is 1. The highest BCUT2D eigenvalue weighted by Crippen LogP contribution is 2.38. The van der Waals surface area contributed by atoms with Crippen molar-refractivity contribution in [3.05, 3.63) is 82.4 Å². The number of halogens is 2. The lowest BCUT2D eigenvalue weighted by Crippen LogP contribution is -2.06. The van der Waals surface area contributed by atoms with Crippen LogP contribution in [0.2, 0.25) is 10.0 Å². The molecule has 0 N–H and O–H groups in total. The van der Waals surface area contributed by atoms with Gasteiger partial charge >= 0.3 is 0 Å². The van der Waals surface area contributed by atoms with Crippen LogP contribution in [0.1, 0.15) is 36.1 Å². The van der Waals surface area contributed by atoms with E-state index in [-0.39, 0.29) is 5.25 Å². The Balaban J connectivity index is 1.67. The predicted molar refractivity (Wildman–Crippen MR) is 120 cm³/mol. The summed E-state index contributed by atoms with van der Waals surface area (Å²) in [6.45, 7) is 3.73. The normalized spacial score (nSPS) is 12.1. The molecule has 0 saturated carbocycles. The van der Waals surface area contributed by atoms with Gasteiger partial charge in [-0.05, 0) is 41.8 Å². The van der Waals surface area contributed by atoms with Gasteiger partial charge < -0.3 is 9.30 Å². The van der Waals surface area contributed by atoms with Crippen LogP contribution < -0.4 is 4.74 Å². The Hall–Kier alpha value is -1.62. The summed E-state index contributed by atoms with van der Waals surface area (Å²) in [5.74, 6) is 1.81. The summed E-state index contributed by atoms with van der Waals surface area (Å²) >= 11 is 14.4. The Bertz CT molecular complexity index is 853. The molecule has 1 aromatic heterocycles. The molecule has 6 heteroatoms. The van der Waals surface area contributed by atoms with Crippen LogP contribution in [0.5, 0.6) is 5.75 Å². The first-order valence-corrected chi connectivity index (χ1v) is 11.2.